The second kappa shape index (κ2) is 8.79. The standard InChI is InChI=1S/C20H23N5O2S2/c1-27-16-6-3-2-5-15(16)23-10-12-24(13-11-23)18(26)8-9-25-19(21-22-20(25)28)17-7-4-14-29-17/h2-7,14H,8-13H2,1H3,(H,22,28). The summed E-state index contributed by atoms with van der Waals surface area (Å²) in [5.41, 5.74) is 1.08. The lowest BCUT2D eigenvalue weighted by atomic mass is 10.2. The van der Waals surface area contributed by atoms with Gasteiger partial charge in [0.25, 0.3) is 0 Å². The van der Waals surface area contributed by atoms with Gasteiger partial charge in [0, 0.05) is 39.1 Å². The Morgan fingerprint density at radius 1 is 1.21 bits per heavy atom. The predicted octanol–water partition coefficient (Wildman–Crippen LogP) is 3.42. The minimum absolute atomic E-state index is 0.143. The highest BCUT2D eigenvalue weighted by Crippen LogP contribution is 2.28. The second-order valence-electron chi connectivity index (χ2n) is 6.77. The first-order chi connectivity index (χ1) is 14.2. The molecule has 2 aromatic heterocycles. The van der Waals surface area contributed by atoms with Gasteiger partial charge in [-0.25, -0.2) is 0 Å². The highest BCUT2D eigenvalue weighted by atomic mass is 32.1. The second-order valence-corrected chi connectivity index (χ2v) is 8.11. The lowest BCUT2D eigenvalue weighted by Crippen LogP contribution is -2.49. The summed E-state index contributed by atoms with van der Waals surface area (Å²) in [6.07, 6.45) is 0.404. The first-order valence-corrected chi connectivity index (χ1v) is 10.8. The maximum absolute atomic E-state index is 12.8. The van der Waals surface area contributed by atoms with Crippen LogP contribution in [0.15, 0.2) is 41.8 Å². The summed E-state index contributed by atoms with van der Waals surface area (Å²) >= 11 is 6.96. The lowest BCUT2D eigenvalue weighted by Gasteiger charge is -2.36. The van der Waals surface area contributed by atoms with E-state index in [2.05, 4.69) is 21.2 Å². The Morgan fingerprint density at radius 3 is 2.72 bits per heavy atom. The van der Waals surface area contributed by atoms with E-state index in [1.54, 1.807) is 18.4 Å². The number of nitrogens with one attached hydrogen (secondary N) is 1. The highest BCUT2D eigenvalue weighted by molar-refractivity contribution is 7.71. The molecule has 4 rings (SSSR count). The van der Waals surface area contributed by atoms with Crippen molar-refractivity contribution in [1.29, 1.82) is 0 Å². The lowest BCUT2D eigenvalue weighted by molar-refractivity contribution is -0.131. The van der Waals surface area contributed by atoms with Crippen molar-refractivity contribution in [3.63, 3.8) is 0 Å². The molecule has 152 valence electrons. The van der Waals surface area contributed by atoms with Crippen molar-refractivity contribution < 1.29 is 9.53 Å². The minimum atomic E-state index is 0.143. The van der Waals surface area contributed by atoms with Gasteiger partial charge in [0.05, 0.1) is 17.7 Å². The fourth-order valence-corrected chi connectivity index (χ4v) is 4.52. The number of anilines is 1. The van der Waals surface area contributed by atoms with Crippen LogP contribution >= 0.6 is 23.6 Å². The van der Waals surface area contributed by atoms with Gasteiger partial charge in [-0.1, -0.05) is 18.2 Å². The first-order valence-electron chi connectivity index (χ1n) is 9.52. The van der Waals surface area contributed by atoms with Gasteiger partial charge in [-0.3, -0.25) is 14.5 Å². The van der Waals surface area contributed by atoms with E-state index in [-0.39, 0.29) is 5.91 Å². The van der Waals surface area contributed by atoms with E-state index < -0.39 is 0 Å². The molecule has 0 spiro atoms. The van der Waals surface area contributed by atoms with Gasteiger partial charge in [-0.15, -0.1) is 11.3 Å². The number of thiophene rings is 1. The van der Waals surface area contributed by atoms with Crippen LogP contribution < -0.4 is 9.64 Å². The molecule has 1 amide bonds. The molecular weight excluding hydrogens is 406 g/mol. The van der Waals surface area contributed by atoms with Gasteiger partial charge < -0.3 is 14.5 Å². The summed E-state index contributed by atoms with van der Waals surface area (Å²) in [7, 11) is 1.68. The third-order valence-corrected chi connectivity index (χ3v) is 6.28. The number of carbonyl (C=O) groups excluding carboxylic acids is 1. The summed E-state index contributed by atoms with van der Waals surface area (Å²) < 4.78 is 7.91. The van der Waals surface area contributed by atoms with Gasteiger partial charge in [-0.05, 0) is 35.8 Å². The molecule has 0 saturated carbocycles. The largest absolute Gasteiger partial charge is 0.495 e. The maximum Gasteiger partial charge on any atom is 0.224 e. The summed E-state index contributed by atoms with van der Waals surface area (Å²) in [4.78, 5) is 18.0. The molecule has 1 saturated heterocycles. The van der Waals surface area contributed by atoms with Gasteiger partial charge in [0.15, 0.2) is 10.6 Å². The number of piperazine rings is 1. The van der Waals surface area contributed by atoms with E-state index in [9.17, 15) is 4.79 Å². The van der Waals surface area contributed by atoms with Crippen LogP contribution in [-0.4, -0.2) is 58.9 Å². The highest BCUT2D eigenvalue weighted by Gasteiger charge is 2.23. The summed E-state index contributed by atoms with van der Waals surface area (Å²) in [6.45, 7) is 3.50. The molecule has 1 N–H and O–H groups in total. The molecule has 0 aliphatic carbocycles. The van der Waals surface area contributed by atoms with Crippen molar-refractivity contribution in [2.24, 2.45) is 0 Å². The zero-order valence-corrected chi connectivity index (χ0v) is 17.8. The monoisotopic (exact) mass is 429 g/mol. The molecular formula is C20H23N5O2S2. The number of ether oxygens (including phenoxy) is 1. The Balaban J connectivity index is 1.36. The van der Waals surface area contributed by atoms with Crippen molar-refractivity contribution in [3.05, 3.63) is 46.5 Å². The Bertz CT molecular complexity index is 1020. The molecule has 1 fully saturated rings. The van der Waals surface area contributed by atoms with E-state index >= 15 is 0 Å². The van der Waals surface area contributed by atoms with E-state index in [0.29, 0.717) is 30.8 Å². The number of rotatable bonds is 6. The van der Waals surface area contributed by atoms with Crippen molar-refractivity contribution in [2.45, 2.75) is 13.0 Å². The zero-order valence-electron chi connectivity index (χ0n) is 16.2. The molecule has 1 aromatic carbocycles. The van der Waals surface area contributed by atoms with Crippen LogP contribution in [0.2, 0.25) is 0 Å². The maximum atomic E-state index is 12.8. The number of hydrogen-bond acceptors (Lipinski definition) is 6. The van der Waals surface area contributed by atoms with E-state index in [0.717, 1.165) is 35.2 Å². The number of hydrogen-bond donors (Lipinski definition) is 1. The number of aromatic amines is 1. The van der Waals surface area contributed by atoms with Crippen LogP contribution in [0.3, 0.4) is 0 Å². The number of aromatic nitrogens is 3. The van der Waals surface area contributed by atoms with Crippen LogP contribution in [-0.2, 0) is 11.3 Å². The van der Waals surface area contributed by atoms with Gasteiger partial charge >= 0.3 is 0 Å². The van der Waals surface area contributed by atoms with Crippen molar-refractivity contribution in [3.8, 4) is 16.5 Å². The van der Waals surface area contributed by atoms with Crippen LogP contribution in [0.25, 0.3) is 10.7 Å². The molecule has 0 bridgehead atoms. The third kappa shape index (κ3) is 4.20. The van der Waals surface area contributed by atoms with Crippen LogP contribution in [0.1, 0.15) is 6.42 Å². The number of H-pyrrole nitrogens is 1. The number of nitrogens with zero attached hydrogens (tertiary/aromatic N) is 4. The molecule has 7 nitrogen and oxygen atoms in total. The topological polar surface area (TPSA) is 66.4 Å². The predicted molar refractivity (Wildman–Crippen MR) is 117 cm³/mol. The normalized spacial score (nSPS) is 14.2. The first kappa shape index (κ1) is 19.7. The number of para-hydroxylation sites is 2. The van der Waals surface area contributed by atoms with Crippen molar-refractivity contribution in [1.82, 2.24) is 19.7 Å². The molecule has 3 aromatic rings. The molecule has 3 heterocycles. The smallest absolute Gasteiger partial charge is 0.224 e. The quantitative estimate of drug-likeness (QED) is 0.608. The molecule has 1 aliphatic rings. The Hall–Kier alpha value is -2.65. The fourth-order valence-electron chi connectivity index (χ4n) is 3.57. The van der Waals surface area contributed by atoms with Crippen molar-refractivity contribution >= 4 is 35.1 Å². The third-order valence-electron chi connectivity index (χ3n) is 5.11. The molecule has 1 aliphatic heterocycles. The number of methoxy groups -OCH3 is 1. The van der Waals surface area contributed by atoms with Crippen molar-refractivity contribution in [2.75, 3.05) is 38.2 Å². The Morgan fingerprint density at radius 2 is 2.00 bits per heavy atom. The molecule has 9 heteroatoms. The van der Waals surface area contributed by atoms with E-state index in [4.69, 9.17) is 17.0 Å². The van der Waals surface area contributed by atoms with Gasteiger partial charge in [-0.2, -0.15) is 5.10 Å². The number of carbonyl (C=O) groups is 1. The number of amides is 1. The average Bonchev–Trinajstić information content (AvgIpc) is 3.42. The minimum Gasteiger partial charge on any atom is -0.495 e. The Kier molecular flexibility index (Phi) is 5.96. The molecule has 0 unspecified atom stereocenters. The van der Waals surface area contributed by atoms with Gasteiger partial charge in [0.2, 0.25) is 5.91 Å². The Labute approximate surface area is 178 Å². The van der Waals surface area contributed by atoms with Crippen LogP contribution in [0.4, 0.5) is 5.69 Å². The van der Waals surface area contributed by atoms with E-state index in [1.165, 1.54) is 0 Å². The van der Waals surface area contributed by atoms with E-state index in [1.807, 2.05) is 45.2 Å². The number of benzene rings is 1. The summed E-state index contributed by atoms with van der Waals surface area (Å²) in [5.74, 6) is 1.80. The molecule has 0 atom stereocenters. The fraction of sp³-hybridized carbons (Fsp3) is 0.350. The summed E-state index contributed by atoms with van der Waals surface area (Å²) in [5, 5.41) is 9.17. The zero-order chi connectivity index (χ0) is 20.2. The van der Waals surface area contributed by atoms with Crippen LogP contribution in [0, 0.1) is 4.77 Å². The van der Waals surface area contributed by atoms with Gasteiger partial charge in [0.1, 0.15) is 5.75 Å². The average molecular weight is 430 g/mol. The summed E-state index contributed by atoms with van der Waals surface area (Å²) in [6, 6.07) is 12.0. The molecule has 29 heavy (non-hydrogen) atoms. The SMILES string of the molecule is COc1ccccc1N1CCN(C(=O)CCn2c(-c3cccs3)n[nH]c2=S)CC1. The van der Waals surface area contributed by atoms with Crippen LogP contribution in [0.5, 0.6) is 5.75 Å². The molecule has 0 radical (unpaired) electrons.